The van der Waals surface area contributed by atoms with Gasteiger partial charge in [0, 0.05) is 23.3 Å². The highest BCUT2D eigenvalue weighted by atomic mass is 32.1. The fourth-order valence-electron chi connectivity index (χ4n) is 2.14. The fourth-order valence-corrected chi connectivity index (χ4v) is 2.98. The molecule has 0 saturated heterocycles. The molecule has 22 heavy (non-hydrogen) atoms. The van der Waals surface area contributed by atoms with E-state index in [4.69, 9.17) is 0 Å². The standard InChI is InChI=1S/C18H21NO2S/c1-12-4-5-15(10-14(12)3)16(20)6-7-18(21)19-11-17-13(2)8-9-22-17/h4-5,8-10H,6-7,11H2,1-3H3,(H,19,21). The molecule has 1 aromatic carbocycles. The molecule has 0 aliphatic carbocycles. The highest BCUT2D eigenvalue weighted by molar-refractivity contribution is 7.10. The van der Waals surface area contributed by atoms with Crippen LogP contribution in [0.1, 0.15) is 44.8 Å². The van der Waals surface area contributed by atoms with E-state index in [9.17, 15) is 9.59 Å². The zero-order valence-electron chi connectivity index (χ0n) is 13.2. The summed E-state index contributed by atoms with van der Waals surface area (Å²) in [6.07, 6.45) is 0.480. The largest absolute Gasteiger partial charge is 0.351 e. The van der Waals surface area contributed by atoms with Crippen LogP contribution in [0.4, 0.5) is 0 Å². The normalized spacial score (nSPS) is 10.5. The van der Waals surface area contributed by atoms with Crippen molar-refractivity contribution in [1.29, 1.82) is 0 Å². The van der Waals surface area contributed by atoms with Crippen molar-refractivity contribution < 1.29 is 9.59 Å². The zero-order valence-corrected chi connectivity index (χ0v) is 14.0. The molecule has 0 aliphatic heterocycles. The topological polar surface area (TPSA) is 46.2 Å². The molecule has 0 saturated carbocycles. The van der Waals surface area contributed by atoms with Gasteiger partial charge in [-0.05, 0) is 55.0 Å². The smallest absolute Gasteiger partial charge is 0.220 e. The monoisotopic (exact) mass is 315 g/mol. The second-order valence-corrected chi connectivity index (χ2v) is 6.53. The molecule has 4 heteroatoms. The number of ketones is 1. The van der Waals surface area contributed by atoms with Crippen LogP contribution in [0.25, 0.3) is 0 Å². The van der Waals surface area contributed by atoms with Gasteiger partial charge in [0.25, 0.3) is 0 Å². The molecule has 0 bridgehead atoms. The van der Waals surface area contributed by atoms with Crippen molar-refractivity contribution in [1.82, 2.24) is 5.32 Å². The maximum Gasteiger partial charge on any atom is 0.220 e. The predicted octanol–water partition coefficient (Wildman–Crippen LogP) is 3.95. The SMILES string of the molecule is Cc1ccc(C(=O)CCC(=O)NCc2sccc2C)cc1C. The van der Waals surface area contributed by atoms with Gasteiger partial charge in [-0.3, -0.25) is 9.59 Å². The molecule has 0 radical (unpaired) electrons. The molecule has 3 nitrogen and oxygen atoms in total. The molecule has 0 aliphatic rings. The number of carbonyl (C=O) groups is 2. The van der Waals surface area contributed by atoms with Gasteiger partial charge in [0.05, 0.1) is 6.54 Å². The molecule has 0 fully saturated rings. The summed E-state index contributed by atoms with van der Waals surface area (Å²) in [7, 11) is 0. The first-order valence-corrected chi connectivity index (χ1v) is 8.25. The second-order valence-electron chi connectivity index (χ2n) is 5.53. The van der Waals surface area contributed by atoms with Crippen LogP contribution in [0.15, 0.2) is 29.6 Å². The lowest BCUT2D eigenvalue weighted by molar-refractivity contribution is -0.121. The molecule has 1 N–H and O–H groups in total. The Labute approximate surface area is 135 Å². The van der Waals surface area contributed by atoms with Crippen molar-refractivity contribution in [3.05, 3.63) is 56.8 Å². The number of hydrogen-bond donors (Lipinski definition) is 1. The molecule has 0 spiro atoms. The molecule has 0 atom stereocenters. The van der Waals surface area contributed by atoms with Crippen molar-refractivity contribution in [2.45, 2.75) is 40.2 Å². The van der Waals surface area contributed by atoms with Crippen molar-refractivity contribution >= 4 is 23.0 Å². The maximum atomic E-state index is 12.1. The maximum absolute atomic E-state index is 12.1. The van der Waals surface area contributed by atoms with Crippen LogP contribution < -0.4 is 5.32 Å². The van der Waals surface area contributed by atoms with E-state index in [0.717, 1.165) is 10.4 Å². The highest BCUT2D eigenvalue weighted by Gasteiger charge is 2.10. The lowest BCUT2D eigenvalue weighted by atomic mass is 10.0. The third kappa shape index (κ3) is 4.28. The van der Waals surface area contributed by atoms with Gasteiger partial charge in [0.15, 0.2) is 5.78 Å². The van der Waals surface area contributed by atoms with Crippen LogP contribution >= 0.6 is 11.3 Å². The lowest BCUT2D eigenvalue weighted by Gasteiger charge is -2.06. The molecule has 116 valence electrons. The van der Waals surface area contributed by atoms with Gasteiger partial charge in [0.1, 0.15) is 0 Å². The molecule has 0 unspecified atom stereocenters. The van der Waals surface area contributed by atoms with Crippen molar-refractivity contribution in [3.8, 4) is 0 Å². The van der Waals surface area contributed by atoms with Crippen molar-refractivity contribution in [3.63, 3.8) is 0 Å². The van der Waals surface area contributed by atoms with Crippen molar-refractivity contribution in [2.75, 3.05) is 0 Å². The highest BCUT2D eigenvalue weighted by Crippen LogP contribution is 2.15. The summed E-state index contributed by atoms with van der Waals surface area (Å²) in [6, 6.07) is 7.71. The molecular weight excluding hydrogens is 294 g/mol. The predicted molar refractivity (Wildman–Crippen MR) is 90.4 cm³/mol. The summed E-state index contributed by atoms with van der Waals surface area (Å²) in [5, 5.41) is 4.89. The number of hydrogen-bond acceptors (Lipinski definition) is 3. The summed E-state index contributed by atoms with van der Waals surface area (Å²) >= 11 is 1.63. The summed E-state index contributed by atoms with van der Waals surface area (Å²) in [6.45, 7) is 6.58. The van der Waals surface area contributed by atoms with Gasteiger partial charge in [-0.15, -0.1) is 11.3 Å². The summed E-state index contributed by atoms with van der Waals surface area (Å²) in [5.74, 6) is -0.0597. The quantitative estimate of drug-likeness (QED) is 0.820. The number of carbonyl (C=O) groups excluding carboxylic acids is 2. The Kier molecular flexibility index (Phi) is 5.50. The van der Waals surface area contributed by atoms with Crippen LogP contribution in [0.5, 0.6) is 0 Å². The van der Waals surface area contributed by atoms with Crippen LogP contribution in [-0.2, 0) is 11.3 Å². The Hall–Kier alpha value is -1.94. The van der Waals surface area contributed by atoms with E-state index >= 15 is 0 Å². The third-order valence-electron chi connectivity index (χ3n) is 3.82. The summed E-state index contributed by atoms with van der Waals surface area (Å²) < 4.78 is 0. The van der Waals surface area contributed by atoms with E-state index in [1.54, 1.807) is 11.3 Å². The Morgan fingerprint density at radius 2 is 1.77 bits per heavy atom. The second kappa shape index (κ2) is 7.36. The van der Waals surface area contributed by atoms with Crippen LogP contribution in [0.2, 0.25) is 0 Å². The van der Waals surface area contributed by atoms with Crippen LogP contribution in [0.3, 0.4) is 0 Å². The lowest BCUT2D eigenvalue weighted by Crippen LogP contribution is -2.23. The van der Waals surface area contributed by atoms with Gasteiger partial charge in [0.2, 0.25) is 5.91 Å². The van der Waals surface area contributed by atoms with E-state index < -0.39 is 0 Å². The third-order valence-corrected chi connectivity index (χ3v) is 4.85. The average Bonchev–Trinajstić information content (AvgIpc) is 2.90. The minimum absolute atomic E-state index is 0.0190. The summed E-state index contributed by atoms with van der Waals surface area (Å²) in [5.41, 5.74) is 4.14. The fraction of sp³-hybridized carbons (Fsp3) is 0.333. The first kappa shape index (κ1) is 16.4. The van der Waals surface area contributed by atoms with Gasteiger partial charge in [-0.2, -0.15) is 0 Å². The number of amides is 1. The van der Waals surface area contributed by atoms with E-state index in [-0.39, 0.29) is 24.5 Å². The van der Waals surface area contributed by atoms with Gasteiger partial charge in [-0.1, -0.05) is 12.1 Å². The van der Waals surface area contributed by atoms with Crippen molar-refractivity contribution in [2.24, 2.45) is 0 Å². The number of Topliss-reactive ketones (excluding diaryl/α,β-unsaturated/α-hetero) is 1. The number of rotatable bonds is 6. The van der Waals surface area contributed by atoms with Crippen LogP contribution in [-0.4, -0.2) is 11.7 Å². The number of thiophene rings is 1. The molecular formula is C18H21NO2S. The van der Waals surface area contributed by atoms with E-state index in [1.165, 1.54) is 11.1 Å². The Morgan fingerprint density at radius 3 is 2.41 bits per heavy atom. The first-order chi connectivity index (χ1) is 10.5. The first-order valence-electron chi connectivity index (χ1n) is 7.37. The Morgan fingerprint density at radius 1 is 1.00 bits per heavy atom. The number of nitrogens with one attached hydrogen (secondary N) is 1. The van der Waals surface area contributed by atoms with Gasteiger partial charge >= 0.3 is 0 Å². The molecule has 1 heterocycles. The Balaban J connectivity index is 1.81. The van der Waals surface area contributed by atoms with Gasteiger partial charge in [-0.25, -0.2) is 0 Å². The van der Waals surface area contributed by atoms with Gasteiger partial charge < -0.3 is 5.32 Å². The van der Waals surface area contributed by atoms with E-state index in [0.29, 0.717) is 12.1 Å². The van der Waals surface area contributed by atoms with E-state index in [1.807, 2.05) is 50.4 Å². The number of aryl methyl sites for hydroxylation is 3. The molecule has 2 rings (SSSR count). The molecule has 1 amide bonds. The van der Waals surface area contributed by atoms with E-state index in [2.05, 4.69) is 5.32 Å². The Bertz CT molecular complexity index is 688. The van der Waals surface area contributed by atoms with Crippen LogP contribution in [0, 0.1) is 20.8 Å². The summed E-state index contributed by atoms with van der Waals surface area (Å²) in [4.78, 5) is 25.1. The average molecular weight is 315 g/mol. The molecule has 1 aromatic heterocycles. The minimum Gasteiger partial charge on any atom is -0.351 e. The zero-order chi connectivity index (χ0) is 16.1. The minimum atomic E-state index is -0.0787. The number of benzene rings is 1. The molecule has 2 aromatic rings.